The number of nitrogens with zero attached hydrogens (tertiary/aromatic N) is 1. The summed E-state index contributed by atoms with van der Waals surface area (Å²) in [5, 5.41) is 9.71. The highest BCUT2D eigenvalue weighted by atomic mass is 16.3. The van der Waals surface area contributed by atoms with Crippen LogP contribution in [0.15, 0.2) is 23.1 Å². The van der Waals surface area contributed by atoms with Crippen molar-refractivity contribution in [1.82, 2.24) is 4.98 Å². The molecular formula is C12H16N2O2. The number of aliphatic hydroxyl groups excluding tert-OH is 1. The maximum absolute atomic E-state index is 11.3. The minimum absolute atomic E-state index is 0.0528. The lowest BCUT2D eigenvalue weighted by Crippen LogP contribution is -2.45. The number of hydrogen-bond acceptors (Lipinski definition) is 3. The fraction of sp³-hybridized carbons (Fsp3) is 0.583. The summed E-state index contributed by atoms with van der Waals surface area (Å²) in [5.74, 6) is 0. The number of hydrogen-bond donors (Lipinski definition) is 2. The molecule has 2 N–H and O–H groups in total. The summed E-state index contributed by atoms with van der Waals surface area (Å²) >= 11 is 0. The molecule has 2 atom stereocenters. The Morgan fingerprint density at radius 3 is 2.62 bits per heavy atom. The first-order chi connectivity index (χ1) is 7.74. The molecule has 0 spiro atoms. The van der Waals surface area contributed by atoms with Gasteiger partial charge in [-0.05, 0) is 31.7 Å². The fourth-order valence-electron chi connectivity index (χ4n) is 3.16. The fourth-order valence-corrected chi connectivity index (χ4v) is 3.16. The van der Waals surface area contributed by atoms with Gasteiger partial charge in [0.15, 0.2) is 0 Å². The van der Waals surface area contributed by atoms with Crippen LogP contribution in [0.25, 0.3) is 0 Å². The third-order valence-electron chi connectivity index (χ3n) is 3.77. The summed E-state index contributed by atoms with van der Waals surface area (Å²) in [5.41, 5.74) is 0.950. The van der Waals surface area contributed by atoms with Crippen LogP contribution in [0.3, 0.4) is 0 Å². The van der Waals surface area contributed by atoms with Gasteiger partial charge in [-0.25, -0.2) is 0 Å². The molecule has 2 fully saturated rings. The quantitative estimate of drug-likeness (QED) is 0.738. The average molecular weight is 220 g/mol. The Morgan fingerprint density at radius 1 is 1.31 bits per heavy atom. The van der Waals surface area contributed by atoms with Gasteiger partial charge in [-0.3, -0.25) is 4.79 Å². The molecule has 2 saturated heterocycles. The number of piperidine rings is 1. The molecule has 0 aliphatic carbocycles. The van der Waals surface area contributed by atoms with Gasteiger partial charge >= 0.3 is 0 Å². The monoisotopic (exact) mass is 220 g/mol. The van der Waals surface area contributed by atoms with Crippen molar-refractivity contribution in [2.24, 2.45) is 0 Å². The van der Waals surface area contributed by atoms with Crippen molar-refractivity contribution in [2.75, 3.05) is 4.90 Å². The average Bonchev–Trinajstić information content (AvgIpc) is 2.51. The minimum Gasteiger partial charge on any atom is -0.393 e. The molecule has 0 aromatic carbocycles. The predicted octanol–water partition coefficient (Wildman–Crippen LogP) is 0.867. The second-order valence-electron chi connectivity index (χ2n) is 4.83. The molecule has 86 valence electrons. The number of H-pyrrole nitrogens is 1. The van der Waals surface area contributed by atoms with E-state index >= 15 is 0 Å². The summed E-state index contributed by atoms with van der Waals surface area (Å²) in [4.78, 5) is 16.3. The number of aromatic nitrogens is 1. The summed E-state index contributed by atoms with van der Waals surface area (Å²) in [7, 11) is 0. The van der Waals surface area contributed by atoms with Crippen LogP contribution in [-0.4, -0.2) is 28.3 Å². The zero-order valence-electron chi connectivity index (χ0n) is 9.10. The minimum atomic E-state index is -0.157. The van der Waals surface area contributed by atoms with Crippen molar-refractivity contribution in [3.63, 3.8) is 0 Å². The molecule has 0 amide bonds. The van der Waals surface area contributed by atoms with Crippen molar-refractivity contribution in [3.8, 4) is 0 Å². The van der Waals surface area contributed by atoms with Gasteiger partial charge in [0.25, 0.3) is 0 Å². The van der Waals surface area contributed by atoms with Gasteiger partial charge in [0.05, 0.1) is 6.10 Å². The number of rotatable bonds is 1. The van der Waals surface area contributed by atoms with Crippen LogP contribution >= 0.6 is 0 Å². The van der Waals surface area contributed by atoms with E-state index in [1.165, 1.54) is 0 Å². The van der Waals surface area contributed by atoms with E-state index in [0.717, 1.165) is 31.4 Å². The first kappa shape index (κ1) is 9.90. The lowest BCUT2D eigenvalue weighted by Gasteiger charge is -2.38. The van der Waals surface area contributed by atoms with Gasteiger partial charge in [0.1, 0.15) is 0 Å². The SMILES string of the molecule is O=c1cc(N2C3CCC2CC(O)C3)cc[nH]1. The molecular weight excluding hydrogens is 204 g/mol. The van der Waals surface area contributed by atoms with Crippen LogP contribution in [0.2, 0.25) is 0 Å². The number of pyridine rings is 1. The van der Waals surface area contributed by atoms with Gasteiger partial charge in [-0.1, -0.05) is 0 Å². The predicted molar refractivity (Wildman–Crippen MR) is 61.6 cm³/mol. The second kappa shape index (κ2) is 3.63. The Balaban J connectivity index is 1.94. The van der Waals surface area contributed by atoms with Gasteiger partial charge in [-0.15, -0.1) is 0 Å². The molecule has 2 aliphatic heterocycles. The molecule has 4 nitrogen and oxygen atoms in total. The lowest BCUT2D eigenvalue weighted by molar-refractivity contribution is 0.126. The maximum atomic E-state index is 11.3. The van der Waals surface area contributed by atoms with Crippen molar-refractivity contribution in [1.29, 1.82) is 0 Å². The van der Waals surface area contributed by atoms with Crippen LogP contribution in [0.5, 0.6) is 0 Å². The molecule has 1 aromatic heterocycles. The highest BCUT2D eigenvalue weighted by molar-refractivity contribution is 5.49. The molecule has 0 radical (unpaired) electrons. The maximum Gasteiger partial charge on any atom is 0.249 e. The van der Waals surface area contributed by atoms with Gasteiger partial charge < -0.3 is 15.0 Å². The first-order valence-corrected chi connectivity index (χ1v) is 5.89. The highest BCUT2D eigenvalue weighted by Crippen LogP contribution is 2.38. The zero-order valence-corrected chi connectivity index (χ0v) is 9.10. The third-order valence-corrected chi connectivity index (χ3v) is 3.77. The topological polar surface area (TPSA) is 56.3 Å². The number of fused-ring (bicyclic) bond motifs is 2. The van der Waals surface area contributed by atoms with Gasteiger partial charge in [0.2, 0.25) is 5.56 Å². The second-order valence-corrected chi connectivity index (χ2v) is 4.83. The van der Waals surface area contributed by atoms with Gasteiger partial charge in [0, 0.05) is 30.0 Å². The highest BCUT2D eigenvalue weighted by Gasteiger charge is 2.40. The van der Waals surface area contributed by atoms with Crippen LogP contribution in [0.4, 0.5) is 5.69 Å². The van der Waals surface area contributed by atoms with Crippen molar-refractivity contribution in [2.45, 2.75) is 43.9 Å². The van der Waals surface area contributed by atoms with Crippen molar-refractivity contribution >= 4 is 5.69 Å². The van der Waals surface area contributed by atoms with E-state index in [-0.39, 0.29) is 11.7 Å². The molecule has 1 aromatic rings. The van der Waals surface area contributed by atoms with E-state index in [1.54, 1.807) is 12.3 Å². The normalized spacial score (nSPS) is 33.1. The molecule has 3 rings (SSSR count). The molecule has 4 heteroatoms. The molecule has 2 aliphatic rings. The van der Waals surface area contributed by atoms with Crippen LogP contribution in [0.1, 0.15) is 25.7 Å². The largest absolute Gasteiger partial charge is 0.393 e. The van der Waals surface area contributed by atoms with Crippen LogP contribution < -0.4 is 10.5 Å². The van der Waals surface area contributed by atoms with Gasteiger partial charge in [-0.2, -0.15) is 0 Å². The van der Waals surface area contributed by atoms with E-state index < -0.39 is 0 Å². The van der Waals surface area contributed by atoms with E-state index in [9.17, 15) is 9.90 Å². The zero-order chi connectivity index (χ0) is 11.1. The van der Waals surface area contributed by atoms with E-state index in [0.29, 0.717) is 12.1 Å². The summed E-state index contributed by atoms with van der Waals surface area (Å²) in [6.07, 6.45) is 5.48. The van der Waals surface area contributed by atoms with Crippen LogP contribution in [0, 0.1) is 0 Å². The Kier molecular flexibility index (Phi) is 2.24. The van der Waals surface area contributed by atoms with E-state index in [4.69, 9.17) is 0 Å². The number of aromatic amines is 1. The standard InChI is InChI=1S/C12H16N2O2/c15-11-5-8-1-2-9(6-11)14(8)10-3-4-13-12(16)7-10/h3-4,7-9,11,15H,1-2,5-6H2,(H,13,16). The Morgan fingerprint density at radius 2 is 2.00 bits per heavy atom. The first-order valence-electron chi connectivity index (χ1n) is 5.89. The molecule has 16 heavy (non-hydrogen) atoms. The number of nitrogens with one attached hydrogen (secondary N) is 1. The smallest absolute Gasteiger partial charge is 0.249 e. The number of anilines is 1. The van der Waals surface area contributed by atoms with Crippen LogP contribution in [-0.2, 0) is 0 Å². The van der Waals surface area contributed by atoms with E-state index in [2.05, 4.69) is 9.88 Å². The molecule has 2 unspecified atom stereocenters. The van der Waals surface area contributed by atoms with Crippen molar-refractivity contribution in [3.05, 3.63) is 28.7 Å². The van der Waals surface area contributed by atoms with Crippen molar-refractivity contribution < 1.29 is 5.11 Å². The molecule has 2 bridgehead atoms. The molecule has 3 heterocycles. The Labute approximate surface area is 93.9 Å². The molecule has 0 saturated carbocycles. The summed E-state index contributed by atoms with van der Waals surface area (Å²) in [6, 6.07) is 4.43. The summed E-state index contributed by atoms with van der Waals surface area (Å²) < 4.78 is 0. The Bertz CT molecular complexity index is 429. The third kappa shape index (κ3) is 1.53. The number of aliphatic hydroxyl groups is 1. The van der Waals surface area contributed by atoms with E-state index in [1.807, 2.05) is 6.07 Å². The lowest BCUT2D eigenvalue weighted by atomic mass is 9.99. The summed E-state index contributed by atoms with van der Waals surface area (Å²) in [6.45, 7) is 0. The Hall–Kier alpha value is -1.29.